The van der Waals surface area contributed by atoms with Crippen LogP contribution in [0, 0.1) is 0 Å². The summed E-state index contributed by atoms with van der Waals surface area (Å²) in [6, 6.07) is 0. The zero-order chi connectivity index (χ0) is 13.9. The normalized spacial score (nSPS) is 22.4. The van der Waals surface area contributed by atoms with Gasteiger partial charge in [-0.25, -0.2) is 10.2 Å². The van der Waals surface area contributed by atoms with Gasteiger partial charge in [-0.2, -0.15) is 5.10 Å². The highest BCUT2D eigenvalue weighted by molar-refractivity contribution is 5.86. The Labute approximate surface area is 113 Å². The molecule has 1 heterocycles. The lowest BCUT2D eigenvalue weighted by Crippen LogP contribution is -2.36. The van der Waals surface area contributed by atoms with E-state index in [9.17, 15) is 4.79 Å². The van der Waals surface area contributed by atoms with Gasteiger partial charge in [0.05, 0.1) is 13.2 Å². The van der Waals surface area contributed by atoms with Gasteiger partial charge in [-0.1, -0.05) is 0 Å². The predicted molar refractivity (Wildman–Crippen MR) is 69.9 cm³/mol. The van der Waals surface area contributed by atoms with Crippen molar-refractivity contribution < 1.29 is 19.0 Å². The molecule has 6 heteroatoms. The Hall–Kier alpha value is -1.14. The molecule has 1 amide bonds. The van der Waals surface area contributed by atoms with Crippen LogP contribution < -0.4 is 5.43 Å². The minimum atomic E-state index is -0.520. The molecule has 1 aliphatic heterocycles. The zero-order valence-corrected chi connectivity index (χ0v) is 11.8. The Morgan fingerprint density at radius 2 is 1.84 bits per heavy atom. The summed E-state index contributed by atoms with van der Waals surface area (Å²) in [5, 5.41) is 4.10. The van der Waals surface area contributed by atoms with Crippen LogP contribution in [0.1, 0.15) is 46.5 Å². The van der Waals surface area contributed by atoms with Crippen LogP contribution in [0.2, 0.25) is 0 Å². The molecule has 0 aromatic heterocycles. The number of nitrogens with zero attached hydrogens (tertiary/aromatic N) is 1. The summed E-state index contributed by atoms with van der Waals surface area (Å²) in [5.41, 5.74) is 2.88. The van der Waals surface area contributed by atoms with E-state index >= 15 is 0 Å². The van der Waals surface area contributed by atoms with Crippen molar-refractivity contribution in [2.45, 2.75) is 57.8 Å². The van der Waals surface area contributed by atoms with E-state index in [-0.39, 0.29) is 0 Å². The first-order valence-corrected chi connectivity index (χ1v) is 6.71. The Bertz CT molecular complexity index is 355. The first-order valence-electron chi connectivity index (χ1n) is 6.71. The number of hydrazone groups is 1. The van der Waals surface area contributed by atoms with E-state index in [1.165, 1.54) is 0 Å². The maximum atomic E-state index is 11.5. The molecule has 108 valence electrons. The average Bonchev–Trinajstić information content (AvgIpc) is 2.75. The SMILES string of the molecule is CC(C)(C)OC(=O)NN=C1CCC2(CC1)OCCO2. The first-order chi connectivity index (χ1) is 8.89. The Morgan fingerprint density at radius 3 is 2.37 bits per heavy atom. The number of nitrogens with one attached hydrogen (secondary N) is 1. The van der Waals surface area contributed by atoms with Crippen LogP contribution >= 0.6 is 0 Å². The molecular formula is C13H22N2O4. The van der Waals surface area contributed by atoms with Crippen LogP contribution in [-0.2, 0) is 14.2 Å². The predicted octanol–water partition coefficient (Wildman–Crippen LogP) is 2.18. The van der Waals surface area contributed by atoms with Crippen molar-refractivity contribution in [2.24, 2.45) is 5.10 Å². The minimum absolute atomic E-state index is 0.398. The third kappa shape index (κ3) is 4.18. The summed E-state index contributed by atoms with van der Waals surface area (Å²) in [6.45, 7) is 6.79. The summed E-state index contributed by atoms with van der Waals surface area (Å²) in [6.07, 6.45) is 2.61. The zero-order valence-electron chi connectivity index (χ0n) is 11.8. The van der Waals surface area contributed by atoms with Gasteiger partial charge in [0.25, 0.3) is 0 Å². The van der Waals surface area contributed by atoms with Crippen molar-refractivity contribution in [1.29, 1.82) is 0 Å². The molecule has 0 atom stereocenters. The number of carbonyl (C=O) groups is 1. The van der Waals surface area contributed by atoms with Gasteiger partial charge in [0.15, 0.2) is 5.79 Å². The quantitative estimate of drug-likeness (QED) is 0.741. The lowest BCUT2D eigenvalue weighted by Gasteiger charge is -2.31. The fourth-order valence-corrected chi connectivity index (χ4v) is 2.24. The number of ether oxygens (including phenoxy) is 3. The van der Waals surface area contributed by atoms with E-state index in [2.05, 4.69) is 10.5 Å². The van der Waals surface area contributed by atoms with Crippen LogP contribution in [-0.4, -0.2) is 36.4 Å². The molecule has 6 nitrogen and oxygen atoms in total. The molecule has 1 saturated carbocycles. The standard InChI is InChI=1S/C13H22N2O4/c1-12(2,3)19-11(16)15-14-10-4-6-13(7-5-10)17-8-9-18-13/h4-9H2,1-3H3,(H,15,16). The number of hydrogen-bond donors (Lipinski definition) is 1. The fraction of sp³-hybridized carbons (Fsp3) is 0.846. The maximum absolute atomic E-state index is 11.5. The van der Waals surface area contributed by atoms with Gasteiger partial charge in [-0.3, -0.25) is 0 Å². The van der Waals surface area contributed by atoms with Crippen molar-refractivity contribution in [3.8, 4) is 0 Å². The van der Waals surface area contributed by atoms with Crippen LogP contribution in [0.15, 0.2) is 5.10 Å². The third-order valence-corrected chi connectivity index (χ3v) is 3.11. The summed E-state index contributed by atoms with van der Waals surface area (Å²) in [4.78, 5) is 11.5. The molecule has 19 heavy (non-hydrogen) atoms. The summed E-state index contributed by atoms with van der Waals surface area (Å²) in [5.74, 6) is -0.398. The molecule has 0 aromatic carbocycles. The van der Waals surface area contributed by atoms with Gasteiger partial charge >= 0.3 is 6.09 Å². The summed E-state index contributed by atoms with van der Waals surface area (Å²) < 4.78 is 16.4. The molecule has 0 aromatic rings. The summed E-state index contributed by atoms with van der Waals surface area (Å²) in [7, 11) is 0. The van der Waals surface area contributed by atoms with Gasteiger partial charge in [-0.15, -0.1) is 0 Å². The second kappa shape index (κ2) is 5.46. The summed E-state index contributed by atoms with van der Waals surface area (Å²) >= 11 is 0. The van der Waals surface area contributed by atoms with Crippen LogP contribution in [0.4, 0.5) is 4.79 Å². The van der Waals surface area contributed by atoms with Gasteiger partial charge in [0.2, 0.25) is 0 Å². The molecule has 2 fully saturated rings. The maximum Gasteiger partial charge on any atom is 0.428 e. The molecule has 1 spiro atoms. The average molecular weight is 270 g/mol. The van der Waals surface area contributed by atoms with E-state index < -0.39 is 17.5 Å². The highest BCUT2D eigenvalue weighted by Gasteiger charge is 2.39. The van der Waals surface area contributed by atoms with Crippen LogP contribution in [0.5, 0.6) is 0 Å². The lowest BCUT2D eigenvalue weighted by molar-refractivity contribution is -0.167. The van der Waals surface area contributed by atoms with E-state index in [1.807, 2.05) is 20.8 Å². The van der Waals surface area contributed by atoms with Crippen LogP contribution in [0.25, 0.3) is 0 Å². The van der Waals surface area contributed by atoms with Crippen molar-refractivity contribution in [3.05, 3.63) is 0 Å². The number of carbonyl (C=O) groups excluding carboxylic acids is 1. The molecule has 1 N–H and O–H groups in total. The first kappa shape index (κ1) is 14.3. The van der Waals surface area contributed by atoms with E-state index in [4.69, 9.17) is 14.2 Å². The highest BCUT2D eigenvalue weighted by Crippen LogP contribution is 2.34. The van der Waals surface area contributed by atoms with Gasteiger partial charge in [-0.05, 0) is 33.6 Å². The molecule has 0 bridgehead atoms. The van der Waals surface area contributed by atoms with E-state index in [1.54, 1.807) is 0 Å². The third-order valence-electron chi connectivity index (χ3n) is 3.11. The van der Waals surface area contributed by atoms with Crippen molar-refractivity contribution in [3.63, 3.8) is 0 Å². The fourth-order valence-electron chi connectivity index (χ4n) is 2.24. The van der Waals surface area contributed by atoms with Crippen molar-refractivity contribution in [1.82, 2.24) is 5.43 Å². The number of amides is 1. The topological polar surface area (TPSA) is 69.2 Å². The molecule has 1 aliphatic carbocycles. The van der Waals surface area contributed by atoms with Gasteiger partial charge < -0.3 is 14.2 Å². The Kier molecular flexibility index (Phi) is 4.10. The van der Waals surface area contributed by atoms with E-state index in [0.717, 1.165) is 31.4 Å². The van der Waals surface area contributed by atoms with Crippen LogP contribution in [0.3, 0.4) is 0 Å². The highest BCUT2D eigenvalue weighted by atomic mass is 16.7. The van der Waals surface area contributed by atoms with Crippen molar-refractivity contribution in [2.75, 3.05) is 13.2 Å². The van der Waals surface area contributed by atoms with Gasteiger partial charge in [0, 0.05) is 18.6 Å². The lowest BCUT2D eigenvalue weighted by atomic mass is 9.92. The monoisotopic (exact) mass is 270 g/mol. The Balaban J connectivity index is 1.78. The number of hydrogen-bond acceptors (Lipinski definition) is 5. The second-order valence-electron chi connectivity index (χ2n) is 5.90. The molecule has 0 radical (unpaired) electrons. The van der Waals surface area contributed by atoms with Crippen molar-refractivity contribution >= 4 is 11.8 Å². The van der Waals surface area contributed by atoms with E-state index in [0.29, 0.717) is 13.2 Å². The second-order valence-corrected chi connectivity index (χ2v) is 5.90. The molecule has 0 unspecified atom stereocenters. The van der Waals surface area contributed by atoms with Gasteiger partial charge in [0.1, 0.15) is 5.60 Å². The Morgan fingerprint density at radius 1 is 1.26 bits per heavy atom. The molecule has 1 saturated heterocycles. The molecular weight excluding hydrogens is 248 g/mol. The molecule has 2 rings (SSSR count). The largest absolute Gasteiger partial charge is 0.443 e. The smallest absolute Gasteiger partial charge is 0.428 e. The molecule has 2 aliphatic rings. The minimum Gasteiger partial charge on any atom is -0.443 e. The number of rotatable bonds is 1.